The van der Waals surface area contributed by atoms with E-state index in [1.165, 1.54) is 11.3 Å². The van der Waals surface area contributed by atoms with E-state index in [2.05, 4.69) is 29.2 Å². The molecule has 5 nitrogen and oxygen atoms in total. The van der Waals surface area contributed by atoms with Crippen LogP contribution in [0.5, 0.6) is 5.75 Å². The summed E-state index contributed by atoms with van der Waals surface area (Å²) in [5.41, 5.74) is 9.66. The number of nitrogens with zero attached hydrogens (tertiary/aromatic N) is 2. The normalized spacial score (nSPS) is 24.2. The number of rotatable bonds is 3. The highest BCUT2D eigenvalue weighted by Gasteiger charge is 2.32. The van der Waals surface area contributed by atoms with Gasteiger partial charge in [-0.1, -0.05) is 6.92 Å². The molecule has 0 fully saturated rings. The van der Waals surface area contributed by atoms with Crippen molar-refractivity contribution in [3.8, 4) is 5.75 Å². The first kappa shape index (κ1) is 13.8. The number of nitrogens with two attached hydrogens (primary N) is 1. The summed E-state index contributed by atoms with van der Waals surface area (Å²) in [6.45, 7) is 2.26. The largest absolute Gasteiger partial charge is 0.497 e. The van der Waals surface area contributed by atoms with E-state index in [9.17, 15) is 0 Å². The smallest absolute Gasteiger partial charge is 0.195 e. The van der Waals surface area contributed by atoms with Crippen LogP contribution in [0.2, 0.25) is 0 Å². The standard InChI is InChI=1S/C16H22N4O/c1-10-8-13-14(9-10)18-16(17)19-15(13)20(2)11-4-6-12(21-3)7-5-11/h4-7,10,15H,8-9H2,1-3H3,(H3,17,18,19). The van der Waals surface area contributed by atoms with Crippen molar-refractivity contribution in [2.75, 3.05) is 19.1 Å². The summed E-state index contributed by atoms with van der Waals surface area (Å²) < 4.78 is 5.21. The molecule has 0 saturated carbocycles. The molecule has 0 aromatic heterocycles. The number of hydrogen-bond donors (Lipinski definition) is 2. The van der Waals surface area contributed by atoms with Crippen molar-refractivity contribution < 1.29 is 4.74 Å². The molecule has 2 unspecified atom stereocenters. The third-order valence-corrected chi connectivity index (χ3v) is 4.21. The third-order valence-electron chi connectivity index (χ3n) is 4.21. The second kappa shape index (κ2) is 5.31. The number of nitrogens with one attached hydrogen (secondary N) is 1. The Labute approximate surface area is 125 Å². The maximum atomic E-state index is 5.95. The Balaban J connectivity index is 1.88. The van der Waals surface area contributed by atoms with Crippen LogP contribution in [0.15, 0.2) is 40.5 Å². The molecule has 21 heavy (non-hydrogen) atoms. The molecule has 0 bridgehead atoms. The molecule has 112 valence electrons. The number of likely N-dealkylation sites (N-methyl/N-ethyl adjacent to an activating group) is 1. The van der Waals surface area contributed by atoms with Gasteiger partial charge in [0.2, 0.25) is 0 Å². The number of benzene rings is 1. The fourth-order valence-corrected chi connectivity index (χ4v) is 3.12. The van der Waals surface area contributed by atoms with Crippen molar-refractivity contribution >= 4 is 11.6 Å². The summed E-state index contributed by atoms with van der Waals surface area (Å²) in [7, 11) is 3.73. The van der Waals surface area contributed by atoms with Gasteiger partial charge in [-0.25, -0.2) is 4.99 Å². The second-order valence-electron chi connectivity index (χ2n) is 5.84. The Bertz CT molecular complexity index is 591. The zero-order valence-corrected chi connectivity index (χ0v) is 12.8. The molecule has 5 heteroatoms. The summed E-state index contributed by atoms with van der Waals surface area (Å²) in [5.74, 6) is 2.01. The van der Waals surface area contributed by atoms with E-state index in [0.29, 0.717) is 11.9 Å². The monoisotopic (exact) mass is 286 g/mol. The van der Waals surface area contributed by atoms with Gasteiger partial charge in [-0.2, -0.15) is 0 Å². The van der Waals surface area contributed by atoms with Crippen LogP contribution >= 0.6 is 0 Å². The summed E-state index contributed by atoms with van der Waals surface area (Å²) >= 11 is 0. The quantitative estimate of drug-likeness (QED) is 0.893. The fraction of sp³-hybridized carbons (Fsp3) is 0.438. The molecule has 3 N–H and O–H groups in total. The van der Waals surface area contributed by atoms with Gasteiger partial charge in [-0.15, -0.1) is 0 Å². The Morgan fingerprint density at radius 1 is 1.29 bits per heavy atom. The molecule has 1 aliphatic carbocycles. The molecule has 1 aromatic carbocycles. The lowest BCUT2D eigenvalue weighted by Crippen LogP contribution is -2.43. The van der Waals surface area contributed by atoms with Gasteiger partial charge in [0.1, 0.15) is 11.9 Å². The van der Waals surface area contributed by atoms with E-state index >= 15 is 0 Å². The molecule has 2 atom stereocenters. The van der Waals surface area contributed by atoms with E-state index in [1.54, 1.807) is 7.11 Å². The minimum absolute atomic E-state index is 0.0143. The average Bonchev–Trinajstić information content (AvgIpc) is 2.85. The first-order valence-corrected chi connectivity index (χ1v) is 7.27. The van der Waals surface area contributed by atoms with Crippen molar-refractivity contribution in [1.29, 1.82) is 0 Å². The highest BCUT2D eigenvalue weighted by atomic mass is 16.5. The number of anilines is 1. The molecule has 0 amide bonds. The highest BCUT2D eigenvalue weighted by Crippen LogP contribution is 2.36. The summed E-state index contributed by atoms with van der Waals surface area (Å²) in [5, 5.41) is 3.22. The van der Waals surface area contributed by atoms with Gasteiger partial charge in [0.15, 0.2) is 5.96 Å². The maximum Gasteiger partial charge on any atom is 0.195 e. The van der Waals surface area contributed by atoms with Crippen LogP contribution in [0.1, 0.15) is 19.8 Å². The lowest BCUT2D eigenvalue weighted by Gasteiger charge is -2.32. The Hall–Kier alpha value is -2.17. The summed E-state index contributed by atoms with van der Waals surface area (Å²) in [6, 6.07) is 8.02. The van der Waals surface area contributed by atoms with Crippen LogP contribution in [0, 0.1) is 5.92 Å². The predicted molar refractivity (Wildman–Crippen MR) is 85.4 cm³/mol. The number of ether oxygens (including phenoxy) is 1. The summed E-state index contributed by atoms with van der Waals surface area (Å²) in [6.07, 6.45) is 2.11. The molecular weight excluding hydrogens is 264 g/mol. The van der Waals surface area contributed by atoms with Gasteiger partial charge in [-0.3, -0.25) is 0 Å². The second-order valence-corrected chi connectivity index (χ2v) is 5.84. The number of hydrogen-bond acceptors (Lipinski definition) is 5. The van der Waals surface area contributed by atoms with E-state index in [4.69, 9.17) is 10.5 Å². The van der Waals surface area contributed by atoms with Crippen molar-refractivity contribution in [2.24, 2.45) is 16.6 Å². The van der Waals surface area contributed by atoms with Crippen LogP contribution in [0.4, 0.5) is 5.69 Å². The summed E-state index contributed by atoms with van der Waals surface area (Å²) in [4.78, 5) is 6.77. The van der Waals surface area contributed by atoms with Crippen molar-refractivity contribution in [1.82, 2.24) is 5.32 Å². The zero-order valence-electron chi connectivity index (χ0n) is 12.8. The Kier molecular flexibility index (Phi) is 3.49. The zero-order chi connectivity index (χ0) is 15.0. The van der Waals surface area contributed by atoms with Gasteiger partial charge in [0, 0.05) is 18.4 Å². The van der Waals surface area contributed by atoms with Gasteiger partial charge >= 0.3 is 0 Å². The first-order valence-electron chi connectivity index (χ1n) is 7.27. The minimum atomic E-state index is -0.0143. The number of aliphatic imine (C=N–C) groups is 1. The Morgan fingerprint density at radius 3 is 2.67 bits per heavy atom. The molecule has 0 spiro atoms. The molecule has 1 aromatic rings. The van der Waals surface area contributed by atoms with Crippen molar-refractivity contribution in [3.63, 3.8) is 0 Å². The lowest BCUT2D eigenvalue weighted by molar-refractivity contribution is 0.415. The van der Waals surface area contributed by atoms with Crippen LogP contribution in [0.3, 0.4) is 0 Å². The highest BCUT2D eigenvalue weighted by molar-refractivity contribution is 5.82. The maximum absolute atomic E-state index is 5.95. The topological polar surface area (TPSA) is 62.9 Å². The van der Waals surface area contributed by atoms with Gasteiger partial charge in [0.05, 0.1) is 7.11 Å². The SMILES string of the molecule is COc1ccc(N(C)C2N=C(N)NC3=C2CC(C)C3)cc1. The van der Waals surface area contributed by atoms with Crippen molar-refractivity contribution in [3.05, 3.63) is 35.5 Å². The van der Waals surface area contributed by atoms with Crippen LogP contribution < -0.4 is 20.7 Å². The van der Waals surface area contributed by atoms with Crippen LogP contribution in [0.25, 0.3) is 0 Å². The minimum Gasteiger partial charge on any atom is -0.497 e. The van der Waals surface area contributed by atoms with E-state index < -0.39 is 0 Å². The number of methoxy groups -OCH3 is 1. The molecule has 1 aliphatic heterocycles. The van der Waals surface area contributed by atoms with E-state index in [1.807, 2.05) is 24.3 Å². The molecule has 0 saturated heterocycles. The van der Waals surface area contributed by atoms with Crippen molar-refractivity contribution in [2.45, 2.75) is 25.9 Å². The fourth-order valence-electron chi connectivity index (χ4n) is 3.12. The van der Waals surface area contributed by atoms with E-state index in [0.717, 1.165) is 24.3 Å². The molecule has 1 heterocycles. The molecule has 2 aliphatic rings. The van der Waals surface area contributed by atoms with Crippen LogP contribution in [-0.4, -0.2) is 26.3 Å². The third kappa shape index (κ3) is 2.55. The van der Waals surface area contributed by atoms with Crippen LogP contribution in [-0.2, 0) is 0 Å². The number of guanidine groups is 1. The van der Waals surface area contributed by atoms with E-state index in [-0.39, 0.29) is 6.17 Å². The first-order chi connectivity index (χ1) is 10.1. The Morgan fingerprint density at radius 2 is 2.00 bits per heavy atom. The van der Waals surface area contributed by atoms with Gasteiger partial charge in [0.25, 0.3) is 0 Å². The van der Waals surface area contributed by atoms with Gasteiger partial charge < -0.3 is 20.7 Å². The lowest BCUT2D eigenvalue weighted by atomic mass is 10.1. The molecular formula is C16H22N4O. The molecule has 3 rings (SSSR count). The number of allylic oxidation sites excluding steroid dienone is 1. The molecule has 0 radical (unpaired) electrons. The average molecular weight is 286 g/mol. The van der Waals surface area contributed by atoms with Gasteiger partial charge in [-0.05, 0) is 48.6 Å². The predicted octanol–water partition coefficient (Wildman–Crippen LogP) is 2.06.